The average Bonchev–Trinajstić information content (AvgIpc) is 2.43. The predicted molar refractivity (Wildman–Crippen MR) is 73.2 cm³/mol. The molecule has 0 spiro atoms. The van der Waals surface area contributed by atoms with Crippen LogP contribution in [0.3, 0.4) is 0 Å². The van der Waals surface area contributed by atoms with Crippen LogP contribution in [0.5, 0.6) is 0 Å². The van der Waals surface area contributed by atoms with Gasteiger partial charge in [-0.3, -0.25) is 4.79 Å². The minimum atomic E-state index is -0.333. The number of hydrogen-bond donors (Lipinski definition) is 0. The van der Waals surface area contributed by atoms with E-state index in [-0.39, 0.29) is 17.5 Å². The molecule has 3 atom stereocenters. The fraction of sp³-hybridized carbons (Fsp3) is 0.938. The summed E-state index contributed by atoms with van der Waals surface area (Å²) in [5.41, 5.74) is 0.454. The third-order valence-corrected chi connectivity index (χ3v) is 6.21. The lowest BCUT2D eigenvalue weighted by atomic mass is 9.53. The highest BCUT2D eigenvalue weighted by Crippen LogP contribution is 2.67. The largest absolute Gasteiger partial charge is 0.462 e. The van der Waals surface area contributed by atoms with Crippen molar-refractivity contribution in [3.8, 4) is 0 Å². The van der Waals surface area contributed by atoms with Crippen molar-refractivity contribution in [2.24, 2.45) is 22.2 Å². The molecule has 2 heteroatoms. The molecule has 2 aliphatic carbocycles. The third kappa shape index (κ3) is 1.80. The molecular formula is C16H28O2. The van der Waals surface area contributed by atoms with Crippen LogP contribution in [0, 0.1) is 22.2 Å². The molecule has 0 bridgehead atoms. The summed E-state index contributed by atoms with van der Waals surface area (Å²) in [6.45, 7) is 13.1. The first kappa shape index (κ1) is 13.9. The molecule has 0 aromatic rings. The first-order chi connectivity index (χ1) is 8.14. The van der Waals surface area contributed by atoms with Crippen molar-refractivity contribution in [3.63, 3.8) is 0 Å². The Labute approximate surface area is 111 Å². The molecule has 0 saturated heterocycles. The summed E-state index contributed by atoms with van der Waals surface area (Å²) in [5.74, 6) is 0.575. The van der Waals surface area contributed by atoms with E-state index in [1.165, 1.54) is 12.8 Å². The minimum Gasteiger partial charge on any atom is -0.462 e. The fourth-order valence-electron chi connectivity index (χ4n) is 3.61. The molecule has 3 unspecified atom stereocenters. The fourth-order valence-corrected chi connectivity index (χ4v) is 3.61. The van der Waals surface area contributed by atoms with Gasteiger partial charge in [-0.1, -0.05) is 27.7 Å². The van der Waals surface area contributed by atoms with Crippen LogP contribution in [0.15, 0.2) is 0 Å². The number of rotatable bonds is 3. The second-order valence-electron chi connectivity index (χ2n) is 7.83. The van der Waals surface area contributed by atoms with Gasteiger partial charge in [0.05, 0.1) is 5.41 Å². The molecule has 2 aliphatic rings. The van der Waals surface area contributed by atoms with Crippen molar-refractivity contribution in [2.75, 3.05) is 0 Å². The summed E-state index contributed by atoms with van der Waals surface area (Å²) >= 11 is 0. The maximum absolute atomic E-state index is 12.1. The Balaban J connectivity index is 1.99. The lowest BCUT2D eigenvalue weighted by Gasteiger charge is -2.55. The maximum Gasteiger partial charge on any atom is 0.311 e. The molecule has 18 heavy (non-hydrogen) atoms. The molecule has 0 aromatic carbocycles. The molecule has 104 valence electrons. The zero-order chi connectivity index (χ0) is 13.8. The van der Waals surface area contributed by atoms with Gasteiger partial charge in [-0.25, -0.2) is 0 Å². The normalized spacial score (nSPS) is 37.9. The zero-order valence-corrected chi connectivity index (χ0v) is 12.8. The third-order valence-electron chi connectivity index (χ3n) is 6.21. The number of ether oxygens (including phenoxy) is 1. The predicted octanol–water partition coefficient (Wildman–Crippen LogP) is 4.18. The van der Waals surface area contributed by atoms with Gasteiger partial charge in [0.25, 0.3) is 0 Å². The van der Waals surface area contributed by atoms with Crippen LogP contribution in [0.1, 0.15) is 67.2 Å². The highest BCUT2D eigenvalue weighted by atomic mass is 16.5. The lowest BCUT2D eigenvalue weighted by molar-refractivity contribution is -0.189. The van der Waals surface area contributed by atoms with E-state index in [1.807, 2.05) is 20.8 Å². The number of carbonyl (C=O) groups is 1. The second-order valence-corrected chi connectivity index (χ2v) is 7.83. The molecule has 0 aromatic heterocycles. The van der Waals surface area contributed by atoms with Gasteiger partial charge in [-0.15, -0.1) is 0 Å². The van der Waals surface area contributed by atoms with Gasteiger partial charge in [0, 0.05) is 5.92 Å². The van der Waals surface area contributed by atoms with E-state index in [0.29, 0.717) is 16.7 Å². The van der Waals surface area contributed by atoms with Crippen molar-refractivity contribution in [1.29, 1.82) is 0 Å². The highest BCUT2D eigenvalue weighted by molar-refractivity contribution is 5.76. The topological polar surface area (TPSA) is 26.3 Å². The standard InChI is InChI=1S/C16H28O2/c1-7-14(2,3)13(17)18-12-10-16(6)11(12)8-9-15(16,4)5/h11-12H,7-10H2,1-6H3. The van der Waals surface area contributed by atoms with Gasteiger partial charge in [0.1, 0.15) is 6.10 Å². The van der Waals surface area contributed by atoms with Crippen molar-refractivity contribution in [2.45, 2.75) is 73.3 Å². The van der Waals surface area contributed by atoms with Gasteiger partial charge in [0.15, 0.2) is 0 Å². The van der Waals surface area contributed by atoms with Gasteiger partial charge in [0.2, 0.25) is 0 Å². The molecular weight excluding hydrogens is 224 g/mol. The molecule has 0 N–H and O–H groups in total. The van der Waals surface area contributed by atoms with Crippen LogP contribution in [0.2, 0.25) is 0 Å². The smallest absolute Gasteiger partial charge is 0.311 e. The monoisotopic (exact) mass is 252 g/mol. The molecule has 0 radical (unpaired) electrons. The zero-order valence-electron chi connectivity index (χ0n) is 12.8. The second kappa shape index (κ2) is 3.98. The molecule has 2 fully saturated rings. The average molecular weight is 252 g/mol. The van der Waals surface area contributed by atoms with Crippen LogP contribution >= 0.6 is 0 Å². The van der Waals surface area contributed by atoms with Crippen LogP contribution in [0.4, 0.5) is 0 Å². The van der Waals surface area contributed by atoms with E-state index in [4.69, 9.17) is 4.74 Å². The minimum absolute atomic E-state index is 0.0123. The van der Waals surface area contributed by atoms with E-state index < -0.39 is 0 Å². The Bertz CT molecular complexity index is 356. The number of carbonyl (C=O) groups excluding carboxylic acids is 1. The summed E-state index contributed by atoms with van der Waals surface area (Å²) in [6.07, 6.45) is 4.55. The van der Waals surface area contributed by atoms with E-state index in [0.717, 1.165) is 12.8 Å². The van der Waals surface area contributed by atoms with Gasteiger partial charge in [-0.2, -0.15) is 0 Å². The highest BCUT2D eigenvalue weighted by Gasteiger charge is 2.63. The number of esters is 1. The summed E-state index contributed by atoms with van der Waals surface area (Å²) in [7, 11) is 0. The van der Waals surface area contributed by atoms with Crippen LogP contribution in [-0.4, -0.2) is 12.1 Å². The van der Waals surface area contributed by atoms with E-state index in [2.05, 4.69) is 20.8 Å². The van der Waals surface area contributed by atoms with Crippen LogP contribution < -0.4 is 0 Å². The molecule has 0 aliphatic heterocycles. The summed E-state index contributed by atoms with van der Waals surface area (Å²) < 4.78 is 5.78. The summed E-state index contributed by atoms with van der Waals surface area (Å²) in [4.78, 5) is 12.1. The Morgan fingerprint density at radius 2 is 1.94 bits per heavy atom. The molecule has 2 rings (SSSR count). The first-order valence-corrected chi connectivity index (χ1v) is 7.35. The molecule has 2 saturated carbocycles. The quantitative estimate of drug-likeness (QED) is 0.704. The molecule has 2 nitrogen and oxygen atoms in total. The Hall–Kier alpha value is -0.530. The number of fused-ring (bicyclic) bond motifs is 1. The van der Waals surface area contributed by atoms with Gasteiger partial charge in [-0.05, 0) is 50.4 Å². The van der Waals surface area contributed by atoms with E-state index >= 15 is 0 Å². The van der Waals surface area contributed by atoms with Crippen molar-refractivity contribution >= 4 is 5.97 Å². The van der Waals surface area contributed by atoms with Crippen molar-refractivity contribution in [1.82, 2.24) is 0 Å². The SMILES string of the molecule is CCC(C)(C)C(=O)OC1CC2(C)C1CCC2(C)C. The van der Waals surface area contributed by atoms with Crippen molar-refractivity contribution < 1.29 is 9.53 Å². The van der Waals surface area contributed by atoms with E-state index in [9.17, 15) is 4.79 Å². The van der Waals surface area contributed by atoms with Crippen molar-refractivity contribution in [3.05, 3.63) is 0 Å². The Morgan fingerprint density at radius 1 is 1.33 bits per heavy atom. The van der Waals surface area contributed by atoms with Gasteiger partial charge >= 0.3 is 5.97 Å². The van der Waals surface area contributed by atoms with E-state index in [1.54, 1.807) is 0 Å². The molecule has 0 heterocycles. The number of hydrogen-bond acceptors (Lipinski definition) is 2. The lowest BCUT2D eigenvalue weighted by Crippen LogP contribution is -2.54. The summed E-state index contributed by atoms with van der Waals surface area (Å²) in [6, 6.07) is 0. The Morgan fingerprint density at radius 3 is 2.44 bits per heavy atom. The summed E-state index contributed by atoms with van der Waals surface area (Å²) in [5, 5.41) is 0. The van der Waals surface area contributed by atoms with Crippen LogP contribution in [0.25, 0.3) is 0 Å². The van der Waals surface area contributed by atoms with Crippen LogP contribution in [-0.2, 0) is 9.53 Å². The molecule has 0 amide bonds. The maximum atomic E-state index is 12.1. The van der Waals surface area contributed by atoms with Gasteiger partial charge < -0.3 is 4.74 Å². The Kier molecular flexibility index (Phi) is 3.07. The first-order valence-electron chi connectivity index (χ1n) is 7.35.